The van der Waals surface area contributed by atoms with E-state index < -0.39 is 35.2 Å². The number of nitrogens with one attached hydrogen (secondary N) is 2. The van der Waals surface area contributed by atoms with Gasteiger partial charge in [0, 0.05) is 0 Å². The van der Waals surface area contributed by atoms with Gasteiger partial charge in [-0.2, -0.15) is 0 Å². The minimum atomic E-state index is -1.20. The van der Waals surface area contributed by atoms with Crippen LogP contribution in [0, 0.1) is 0 Å². The van der Waals surface area contributed by atoms with Crippen LogP contribution in [0.2, 0.25) is 0 Å². The smallest absolute Gasteiger partial charge is 0.408 e. The number of rotatable bonds is 10. The SMILES string of the molecule is C=CCC[C@@H](NC(=O)OC(C)(C)C)C(=O)NC(C)(C)C(=O)OCCCC. The predicted octanol–water partition coefficient (Wildman–Crippen LogP) is 3.08. The summed E-state index contributed by atoms with van der Waals surface area (Å²) in [7, 11) is 0. The summed E-state index contributed by atoms with van der Waals surface area (Å²) in [6.45, 7) is 14.3. The summed E-state index contributed by atoms with van der Waals surface area (Å²) < 4.78 is 10.4. The molecular weight excluding hydrogens is 336 g/mol. The van der Waals surface area contributed by atoms with E-state index in [4.69, 9.17) is 9.47 Å². The van der Waals surface area contributed by atoms with Gasteiger partial charge < -0.3 is 20.1 Å². The number of alkyl carbamates (subject to hydrolysis) is 1. The van der Waals surface area contributed by atoms with Crippen molar-refractivity contribution in [2.45, 2.75) is 84.4 Å². The summed E-state index contributed by atoms with van der Waals surface area (Å²) in [5, 5.41) is 5.19. The van der Waals surface area contributed by atoms with Gasteiger partial charge in [-0.05, 0) is 53.9 Å². The monoisotopic (exact) mass is 370 g/mol. The van der Waals surface area contributed by atoms with E-state index in [1.807, 2.05) is 6.92 Å². The molecule has 7 heteroatoms. The van der Waals surface area contributed by atoms with E-state index in [1.165, 1.54) is 0 Å². The van der Waals surface area contributed by atoms with Crippen molar-refractivity contribution in [2.75, 3.05) is 6.61 Å². The van der Waals surface area contributed by atoms with Crippen LogP contribution in [0.15, 0.2) is 12.7 Å². The highest BCUT2D eigenvalue weighted by Crippen LogP contribution is 2.10. The summed E-state index contributed by atoms with van der Waals surface area (Å²) in [5.41, 5.74) is -1.88. The predicted molar refractivity (Wildman–Crippen MR) is 101 cm³/mol. The van der Waals surface area contributed by atoms with Crippen LogP contribution >= 0.6 is 0 Å². The van der Waals surface area contributed by atoms with E-state index in [2.05, 4.69) is 17.2 Å². The summed E-state index contributed by atoms with van der Waals surface area (Å²) in [5.74, 6) is -0.991. The minimum Gasteiger partial charge on any atom is -0.464 e. The second-order valence-corrected chi connectivity index (χ2v) is 7.67. The summed E-state index contributed by atoms with van der Waals surface area (Å²) in [4.78, 5) is 36.7. The molecule has 0 aliphatic rings. The van der Waals surface area contributed by atoms with Crippen LogP contribution in [-0.2, 0) is 19.1 Å². The van der Waals surface area contributed by atoms with Crippen molar-refractivity contribution >= 4 is 18.0 Å². The van der Waals surface area contributed by atoms with E-state index in [-0.39, 0.29) is 0 Å². The lowest BCUT2D eigenvalue weighted by molar-refractivity contribution is -0.152. The Balaban J connectivity index is 4.92. The number of hydrogen-bond acceptors (Lipinski definition) is 5. The number of carbonyl (C=O) groups excluding carboxylic acids is 3. The maximum atomic E-state index is 12.6. The molecule has 0 heterocycles. The Labute approximate surface area is 156 Å². The minimum absolute atomic E-state index is 0.310. The maximum absolute atomic E-state index is 12.6. The van der Waals surface area contributed by atoms with Crippen LogP contribution in [0.1, 0.15) is 67.2 Å². The van der Waals surface area contributed by atoms with Crippen LogP contribution in [-0.4, -0.2) is 41.8 Å². The molecule has 2 amide bonds. The van der Waals surface area contributed by atoms with Crippen LogP contribution in [0.25, 0.3) is 0 Å². The molecule has 0 rings (SSSR count). The van der Waals surface area contributed by atoms with Crippen molar-refractivity contribution in [1.29, 1.82) is 0 Å². The lowest BCUT2D eigenvalue weighted by Gasteiger charge is -2.28. The zero-order chi connectivity index (χ0) is 20.4. The van der Waals surface area contributed by atoms with Crippen molar-refractivity contribution in [3.05, 3.63) is 12.7 Å². The summed E-state index contributed by atoms with van der Waals surface area (Å²) in [6, 6.07) is -0.842. The number of amides is 2. The molecule has 0 radical (unpaired) electrons. The van der Waals surface area contributed by atoms with Gasteiger partial charge in [-0.25, -0.2) is 9.59 Å². The van der Waals surface area contributed by atoms with Gasteiger partial charge >= 0.3 is 12.1 Å². The maximum Gasteiger partial charge on any atom is 0.408 e. The van der Waals surface area contributed by atoms with Gasteiger partial charge in [-0.15, -0.1) is 6.58 Å². The van der Waals surface area contributed by atoms with Gasteiger partial charge in [0.1, 0.15) is 17.2 Å². The second-order valence-electron chi connectivity index (χ2n) is 7.67. The first kappa shape index (κ1) is 23.9. The first-order chi connectivity index (χ1) is 11.9. The topological polar surface area (TPSA) is 93.7 Å². The highest BCUT2D eigenvalue weighted by Gasteiger charge is 2.34. The zero-order valence-corrected chi connectivity index (χ0v) is 16.9. The number of ether oxygens (including phenoxy) is 2. The van der Waals surface area contributed by atoms with Gasteiger partial charge in [-0.3, -0.25) is 4.79 Å². The molecule has 2 N–H and O–H groups in total. The molecule has 0 saturated carbocycles. The molecule has 0 saturated heterocycles. The van der Waals surface area contributed by atoms with Gasteiger partial charge in [-0.1, -0.05) is 19.4 Å². The lowest BCUT2D eigenvalue weighted by atomic mass is 10.0. The molecule has 0 unspecified atom stereocenters. The third-order valence-corrected chi connectivity index (χ3v) is 3.34. The molecule has 0 fully saturated rings. The number of carbonyl (C=O) groups is 3. The Hall–Kier alpha value is -2.05. The Kier molecular flexibility index (Phi) is 9.98. The fraction of sp³-hybridized carbons (Fsp3) is 0.737. The van der Waals surface area contributed by atoms with E-state index in [0.29, 0.717) is 19.4 Å². The Morgan fingerprint density at radius 3 is 2.27 bits per heavy atom. The van der Waals surface area contributed by atoms with Crippen LogP contribution < -0.4 is 10.6 Å². The fourth-order valence-electron chi connectivity index (χ4n) is 1.94. The molecule has 0 aromatic rings. The number of hydrogen-bond donors (Lipinski definition) is 2. The van der Waals surface area contributed by atoms with E-state index in [9.17, 15) is 14.4 Å². The lowest BCUT2D eigenvalue weighted by Crippen LogP contribution is -2.57. The number of unbranched alkanes of at least 4 members (excludes halogenated alkanes) is 1. The van der Waals surface area contributed by atoms with E-state index in [0.717, 1.165) is 12.8 Å². The van der Waals surface area contributed by atoms with Gasteiger partial charge in [0.25, 0.3) is 0 Å². The molecule has 0 aliphatic carbocycles. The average Bonchev–Trinajstić information content (AvgIpc) is 2.49. The highest BCUT2D eigenvalue weighted by molar-refractivity contribution is 5.91. The normalized spacial score (nSPS) is 12.7. The fourth-order valence-corrected chi connectivity index (χ4v) is 1.94. The van der Waals surface area contributed by atoms with Crippen molar-refractivity contribution in [3.63, 3.8) is 0 Å². The van der Waals surface area contributed by atoms with Crippen molar-refractivity contribution in [3.8, 4) is 0 Å². The first-order valence-corrected chi connectivity index (χ1v) is 9.02. The van der Waals surface area contributed by atoms with Crippen molar-refractivity contribution < 1.29 is 23.9 Å². The van der Waals surface area contributed by atoms with Crippen molar-refractivity contribution in [2.24, 2.45) is 0 Å². The van der Waals surface area contributed by atoms with Crippen molar-refractivity contribution in [1.82, 2.24) is 10.6 Å². The summed E-state index contributed by atoms with van der Waals surface area (Å²) >= 11 is 0. The summed E-state index contributed by atoms with van der Waals surface area (Å²) in [6.07, 6.45) is 3.50. The van der Waals surface area contributed by atoms with E-state index >= 15 is 0 Å². The van der Waals surface area contributed by atoms with E-state index in [1.54, 1.807) is 40.7 Å². The Bertz CT molecular complexity index is 495. The third kappa shape index (κ3) is 10.1. The van der Waals surface area contributed by atoms with Crippen LogP contribution in [0.4, 0.5) is 4.79 Å². The highest BCUT2D eigenvalue weighted by atomic mass is 16.6. The molecule has 0 aliphatic heterocycles. The molecule has 26 heavy (non-hydrogen) atoms. The largest absolute Gasteiger partial charge is 0.464 e. The Morgan fingerprint density at radius 2 is 1.77 bits per heavy atom. The molecule has 0 bridgehead atoms. The first-order valence-electron chi connectivity index (χ1n) is 9.02. The van der Waals surface area contributed by atoms with Crippen LogP contribution in [0.3, 0.4) is 0 Å². The van der Waals surface area contributed by atoms with Gasteiger partial charge in [0.2, 0.25) is 5.91 Å². The number of esters is 1. The second kappa shape index (κ2) is 10.8. The van der Waals surface area contributed by atoms with Gasteiger partial charge in [0.05, 0.1) is 6.61 Å². The average molecular weight is 370 g/mol. The molecule has 0 aromatic heterocycles. The molecular formula is C19H34N2O5. The third-order valence-electron chi connectivity index (χ3n) is 3.34. The molecule has 0 spiro atoms. The Morgan fingerprint density at radius 1 is 1.15 bits per heavy atom. The quantitative estimate of drug-likeness (QED) is 0.350. The molecule has 150 valence electrons. The van der Waals surface area contributed by atoms with Crippen LogP contribution in [0.5, 0.6) is 0 Å². The van der Waals surface area contributed by atoms with Gasteiger partial charge in [0.15, 0.2) is 0 Å². The zero-order valence-electron chi connectivity index (χ0n) is 16.9. The molecule has 0 aromatic carbocycles. The molecule has 7 nitrogen and oxygen atoms in total. The number of allylic oxidation sites excluding steroid dienone is 1. The molecule has 1 atom stereocenters. The standard InChI is InChI=1S/C19H34N2O5/c1-8-10-12-14(20-17(24)26-18(3,4)5)15(22)21-19(6,7)16(23)25-13-11-9-2/h8,14H,1,9-13H2,2-7H3,(H,20,24)(H,21,22)/t14-/m1/s1.